The van der Waals surface area contributed by atoms with Gasteiger partial charge in [0.1, 0.15) is 29.5 Å². The smallest absolute Gasteiger partial charge is 0.319 e. The van der Waals surface area contributed by atoms with Crippen LogP contribution in [0.15, 0.2) is 0 Å². The van der Waals surface area contributed by atoms with Gasteiger partial charge in [-0.2, -0.15) is 15.2 Å². The highest BCUT2D eigenvalue weighted by molar-refractivity contribution is 6.76. The van der Waals surface area contributed by atoms with Gasteiger partial charge in [-0.3, -0.25) is 0 Å². The van der Waals surface area contributed by atoms with Crippen molar-refractivity contribution in [3.05, 3.63) is 11.3 Å². The summed E-state index contributed by atoms with van der Waals surface area (Å²) < 4.78 is 13.6. The van der Waals surface area contributed by atoms with Crippen molar-refractivity contribution in [3.8, 4) is 12.1 Å². The van der Waals surface area contributed by atoms with Gasteiger partial charge in [0, 0.05) is 20.2 Å². The van der Waals surface area contributed by atoms with E-state index in [1.54, 1.807) is 4.57 Å². The van der Waals surface area contributed by atoms with Crippen LogP contribution in [0.3, 0.4) is 0 Å². The maximum absolute atomic E-state index is 10.9. The number of hydrogen-bond donors (Lipinski definition) is 3. The van der Waals surface area contributed by atoms with Gasteiger partial charge in [-0.1, -0.05) is 33.0 Å². The minimum atomic E-state index is -1.24. The fourth-order valence-electron chi connectivity index (χ4n) is 4.45. The van der Waals surface area contributed by atoms with Gasteiger partial charge in [-0.15, -0.1) is 0 Å². The maximum atomic E-state index is 10.9. The zero-order chi connectivity index (χ0) is 25.5. The molecule has 1 aliphatic heterocycles. The minimum Gasteiger partial charge on any atom is -0.463 e. The van der Waals surface area contributed by atoms with Crippen LogP contribution in [0.5, 0.6) is 6.01 Å². The number of aromatic nitrogens is 3. The molecule has 0 atom stereocenters. The van der Waals surface area contributed by atoms with Crippen molar-refractivity contribution in [1.82, 2.24) is 19.9 Å². The molecular weight excluding hydrogens is 460 g/mol. The summed E-state index contributed by atoms with van der Waals surface area (Å²) in [5.74, 6) is 0.287. The van der Waals surface area contributed by atoms with Gasteiger partial charge in [0.15, 0.2) is 5.82 Å². The van der Waals surface area contributed by atoms with E-state index in [0.29, 0.717) is 42.8 Å². The molecule has 10 heteroatoms. The molecule has 194 valence electrons. The molecule has 0 radical (unpaired) electrons. The summed E-state index contributed by atoms with van der Waals surface area (Å²) in [6.45, 7) is 12.1. The van der Waals surface area contributed by atoms with Gasteiger partial charge in [0.25, 0.3) is 0 Å². The third-order valence-electron chi connectivity index (χ3n) is 6.66. The Hall–Kier alpha value is -2.19. The first-order chi connectivity index (χ1) is 16.7. The SMILES string of the molecule is CCCCOc1nc(N)c2c(n1)c(CCCC1(O)CCNCC1)c(C#N)n2COCC[Si](C)(C)C. The third-order valence-corrected chi connectivity index (χ3v) is 8.36. The lowest BCUT2D eigenvalue weighted by atomic mass is 9.86. The normalized spacial score (nSPS) is 15.9. The minimum absolute atomic E-state index is 0.225. The Labute approximate surface area is 210 Å². The van der Waals surface area contributed by atoms with E-state index in [1.807, 2.05) is 0 Å². The number of nitriles is 1. The van der Waals surface area contributed by atoms with Crippen LogP contribution in [0.25, 0.3) is 11.0 Å². The van der Waals surface area contributed by atoms with Crippen molar-refractivity contribution in [2.75, 3.05) is 32.0 Å². The molecule has 0 amide bonds. The Kier molecular flexibility index (Phi) is 9.52. The summed E-state index contributed by atoms with van der Waals surface area (Å²) in [7, 11) is -1.24. The molecule has 1 aliphatic rings. The largest absolute Gasteiger partial charge is 0.463 e. The Morgan fingerprint density at radius 1 is 1.20 bits per heavy atom. The lowest BCUT2D eigenvalue weighted by molar-refractivity contribution is 0.000915. The molecule has 2 aromatic heterocycles. The van der Waals surface area contributed by atoms with Gasteiger partial charge in [-0.25, -0.2) is 0 Å². The molecule has 2 aromatic rings. The lowest BCUT2D eigenvalue weighted by Gasteiger charge is -2.32. The highest BCUT2D eigenvalue weighted by atomic mass is 28.3. The quantitative estimate of drug-likeness (QED) is 0.278. The van der Waals surface area contributed by atoms with Crippen molar-refractivity contribution < 1.29 is 14.6 Å². The standard InChI is InChI=1S/C25H42N6O3Si/c1-5-6-14-34-24-29-21-19(8-7-9-25(32)10-12-28-13-11-25)20(17-26)31(22(21)23(27)30-24)18-33-15-16-35(2,3)4/h28,32H,5-16,18H2,1-4H3,(H2,27,29,30). The summed E-state index contributed by atoms with van der Waals surface area (Å²) >= 11 is 0. The molecule has 3 heterocycles. The molecule has 35 heavy (non-hydrogen) atoms. The Morgan fingerprint density at radius 2 is 1.94 bits per heavy atom. The van der Waals surface area contributed by atoms with Crippen molar-refractivity contribution in [3.63, 3.8) is 0 Å². The zero-order valence-electron chi connectivity index (χ0n) is 21.8. The van der Waals surface area contributed by atoms with E-state index >= 15 is 0 Å². The molecule has 0 spiro atoms. The van der Waals surface area contributed by atoms with E-state index in [4.69, 9.17) is 15.2 Å². The summed E-state index contributed by atoms with van der Waals surface area (Å²) in [4.78, 5) is 9.05. The molecule has 1 saturated heterocycles. The number of rotatable bonds is 13. The number of unbranched alkanes of at least 4 members (excludes halogenated alkanes) is 1. The fourth-order valence-corrected chi connectivity index (χ4v) is 5.21. The predicted octanol–water partition coefficient (Wildman–Crippen LogP) is 3.81. The van der Waals surface area contributed by atoms with Crippen LogP contribution in [0.4, 0.5) is 5.82 Å². The van der Waals surface area contributed by atoms with Crippen LogP contribution >= 0.6 is 0 Å². The average Bonchev–Trinajstić information content (AvgIpc) is 3.09. The second-order valence-corrected chi connectivity index (χ2v) is 16.5. The number of aliphatic hydroxyl groups is 1. The first-order valence-electron chi connectivity index (χ1n) is 12.9. The van der Waals surface area contributed by atoms with Crippen LogP contribution < -0.4 is 15.8 Å². The molecule has 3 rings (SSSR count). The van der Waals surface area contributed by atoms with Crippen LogP contribution in [-0.2, 0) is 17.9 Å². The molecule has 9 nitrogen and oxygen atoms in total. The Balaban J connectivity index is 1.89. The number of aryl methyl sites for hydroxylation is 1. The van der Waals surface area contributed by atoms with E-state index < -0.39 is 13.7 Å². The predicted molar refractivity (Wildman–Crippen MR) is 141 cm³/mol. The molecule has 0 bridgehead atoms. The lowest BCUT2D eigenvalue weighted by Crippen LogP contribution is -2.41. The number of fused-ring (bicyclic) bond motifs is 1. The van der Waals surface area contributed by atoms with E-state index in [1.165, 1.54) is 0 Å². The number of nitrogen functional groups attached to an aromatic ring is 1. The second kappa shape index (κ2) is 12.2. The molecule has 0 saturated carbocycles. The Morgan fingerprint density at radius 3 is 2.60 bits per heavy atom. The van der Waals surface area contributed by atoms with E-state index in [0.717, 1.165) is 56.8 Å². The van der Waals surface area contributed by atoms with Crippen molar-refractivity contribution >= 4 is 24.9 Å². The summed E-state index contributed by atoms with van der Waals surface area (Å²) in [6, 6.07) is 3.64. The fraction of sp³-hybridized carbons (Fsp3) is 0.720. The molecule has 0 aromatic carbocycles. The summed E-state index contributed by atoms with van der Waals surface area (Å²) in [5.41, 5.74) is 8.31. The van der Waals surface area contributed by atoms with Crippen LogP contribution in [0, 0.1) is 11.3 Å². The van der Waals surface area contributed by atoms with Gasteiger partial charge in [0.2, 0.25) is 0 Å². The van der Waals surface area contributed by atoms with Gasteiger partial charge < -0.3 is 30.2 Å². The van der Waals surface area contributed by atoms with Crippen molar-refractivity contribution in [2.45, 2.75) is 89.9 Å². The number of hydrogen-bond acceptors (Lipinski definition) is 8. The number of anilines is 1. The van der Waals surface area contributed by atoms with E-state index in [-0.39, 0.29) is 18.6 Å². The van der Waals surface area contributed by atoms with Crippen molar-refractivity contribution in [2.24, 2.45) is 0 Å². The van der Waals surface area contributed by atoms with Crippen LogP contribution in [0.1, 0.15) is 56.7 Å². The second-order valence-electron chi connectivity index (χ2n) is 10.8. The van der Waals surface area contributed by atoms with Crippen LogP contribution in [0.2, 0.25) is 25.7 Å². The highest BCUT2D eigenvalue weighted by Gasteiger charge is 2.29. The summed E-state index contributed by atoms with van der Waals surface area (Å²) in [6.07, 6.45) is 5.44. The molecule has 0 unspecified atom stereocenters. The molecule has 0 aliphatic carbocycles. The molecule has 4 N–H and O–H groups in total. The van der Waals surface area contributed by atoms with Gasteiger partial charge in [-0.05, 0) is 57.7 Å². The van der Waals surface area contributed by atoms with Crippen LogP contribution in [-0.4, -0.2) is 59.6 Å². The number of nitrogens with zero attached hydrogens (tertiary/aromatic N) is 4. The highest BCUT2D eigenvalue weighted by Crippen LogP contribution is 2.32. The first-order valence-corrected chi connectivity index (χ1v) is 16.6. The topological polar surface area (TPSA) is 131 Å². The number of nitrogens with two attached hydrogens (primary N) is 1. The maximum Gasteiger partial charge on any atom is 0.319 e. The average molecular weight is 503 g/mol. The first kappa shape index (κ1) is 27.4. The number of ether oxygens (including phenoxy) is 2. The van der Waals surface area contributed by atoms with Gasteiger partial charge >= 0.3 is 6.01 Å². The third kappa shape index (κ3) is 7.40. The monoisotopic (exact) mass is 502 g/mol. The Bertz CT molecular complexity index is 1020. The number of nitrogens with one attached hydrogen (secondary N) is 1. The number of piperidine rings is 1. The molecular formula is C25H42N6O3Si. The van der Waals surface area contributed by atoms with E-state index in [9.17, 15) is 10.4 Å². The van der Waals surface area contributed by atoms with E-state index in [2.05, 4.69) is 47.9 Å². The van der Waals surface area contributed by atoms with Crippen molar-refractivity contribution in [1.29, 1.82) is 5.26 Å². The zero-order valence-corrected chi connectivity index (χ0v) is 22.8. The van der Waals surface area contributed by atoms with Gasteiger partial charge in [0.05, 0.1) is 12.2 Å². The summed E-state index contributed by atoms with van der Waals surface area (Å²) in [5, 5.41) is 24.3. The molecule has 1 fully saturated rings.